The zero-order valence-electron chi connectivity index (χ0n) is 12.5. The van der Waals surface area contributed by atoms with Crippen molar-refractivity contribution >= 4 is 16.8 Å². The van der Waals surface area contributed by atoms with Crippen LogP contribution in [0.3, 0.4) is 0 Å². The standard InChI is InChI=1S/C18H20N2O2/c21-17-14(8-7-13-2-1-9-19-16(13)17)18(22)20-15-10-11-3-5-12(15)6-4-11/h1-2,7-9,11-12,15,21H,3-6,10H2,(H,20,22)/t11?,12?,15-/m1/s1. The number of amides is 1. The van der Waals surface area contributed by atoms with Crippen molar-refractivity contribution in [2.45, 2.75) is 38.1 Å². The zero-order chi connectivity index (χ0) is 15.1. The summed E-state index contributed by atoms with van der Waals surface area (Å²) in [5.74, 6) is 1.18. The molecule has 2 bridgehead atoms. The number of aromatic hydroxyl groups is 1. The number of hydrogen-bond acceptors (Lipinski definition) is 3. The average molecular weight is 296 g/mol. The topological polar surface area (TPSA) is 62.2 Å². The number of benzene rings is 1. The lowest BCUT2D eigenvalue weighted by Gasteiger charge is -2.42. The maximum absolute atomic E-state index is 12.6. The number of carbonyl (C=O) groups is 1. The molecule has 114 valence electrons. The summed E-state index contributed by atoms with van der Waals surface area (Å²) in [5.41, 5.74) is 0.813. The summed E-state index contributed by atoms with van der Waals surface area (Å²) in [6.45, 7) is 0. The second-order valence-electron chi connectivity index (χ2n) is 6.63. The van der Waals surface area contributed by atoms with Crippen LogP contribution in [0.15, 0.2) is 30.5 Å². The summed E-state index contributed by atoms with van der Waals surface area (Å²) < 4.78 is 0. The van der Waals surface area contributed by atoms with Gasteiger partial charge in [-0.15, -0.1) is 0 Å². The molecule has 3 aliphatic rings. The third kappa shape index (κ3) is 2.23. The first-order valence-corrected chi connectivity index (χ1v) is 8.10. The molecule has 0 aliphatic heterocycles. The van der Waals surface area contributed by atoms with Crippen LogP contribution in [0.4, 0.5) is 0 Å². The van der Waals surface area contributed by atoms with E-state index in [1.807, 2.05) is 18.2 Å². The van der Waals surface area contributed by atoms with Crippen molar-refractivity contribution in [1.29, 1.82) is 0 Å². The molecule has 4 nitrogen and oxygen atoms in total. The van der Waals surface area contributed by atoms with Gasteiger partial charge in [0.25, 0.3) is 5.91 Å². The molecule has 0 spiro atoms. The van der Waals surface area contributed by atoms with E-state index in [2.05, 4.69) is 10.3 Å². The quantitative estimate of drug-likeness (QED) is 0.894. The molecule has 1 aromatic heterocycles. The summed E-state index contributed by atoms with van der Waals surface area (Å²) in [5, 5.41) is 14.3. The highest BCUT2D eigenvalue weighted by molar-refractivity contribution is 6.02. The lowest BCUT2D eigenvalue weighted by atomic mass is 9.68. The maximum Gasteiger partial charge on any atom is 0.255 e. The van der Waals surface area contributed by atoms with Crippen LogP contribution in [-0.4, -0.2) is 22.0 Å². The molecule has 3 saturated carbocycles. The first-order chi connectivity index (χ1) is 10.7. The highest BCUT2D eigenvalue weighted by atomic mass is 16.3. The molecular weight excluding hydrogens is 276 g/mol. The number of fused-ring (bicyclic) bond motifs is 4. The number of phenols is 1. The van der Waals surface area contributed by atoms with Crippen LogP contribution in [0.5, 0.6) is 5.75 Å². The molecule has 3 aliphatic carbocycles. The van der Waals surface area contributed by atoms with E-state index in [9.17, 15) is 9.90 Å². The van der Waals surface area contributed by atoms with Crippen LogP contribution in [0.2, 0.25) is 0 Å². The molecule has 1 amide bonds. The number of nitrogens with one attached hydrogen (secondary N) is 1. The molecule has 2 aromatic rings. The van der Waals surface area contributed by atoms with Crippen molar-refractivity contribution in [1.82, 2.24) is 10.3 Å². The largest absolute Gasteiger partial charge is 0.505 e. The highest BCUT2D eigenvalue weighted by Crippen LogP contribution is 2.41. The second-order valence-corrected chi connectivity index (χ2v) is 6.63. The number of pyridine rings is 1. The minimum atomic E-state index is -0.178. The molecule has 3 fully saturated rings. The van der Waals surface area contributed by atoms with Crippen LogP contribution in [0.25, 0.3) is 10.9 Å². The Morgan fingerprint density at radius 1 is 1.18 bits per heavy atom. The number of rotatable bonds is 2. The monoisotopic (exact) mass is 296 g/mol. The Labute approximate surface area is 129 Å². The van der Waals surface area contributed by atoms with E-state index in [-0.39, 0.29) is 17.7 Å². The number of phenolic OH excluding ortho intramolecular Hbond substituents is 1. The van der Waals surface area contributed by atoms with Gasteiger partial charge in [0.1, 0.15) is 5.52 Å². The molecule has 0 radical (unpaired) electrons. The van der Waals surface area contributed by atoms with Crippen molar-refractivity contribution in [3.63, 3.8) is 0 Å². The molecule has 0 unspecified atom stereocenters. The molecule has 5 rings (SSSR count). The van der Waals surface area contributed by atoms with Crippen molar-refractivity contribution in [2.75, 3.05) is 0 Å². The summed E-state index contributed by atoms with van der Waals surface area (Å²) >= 11 is 0. The third-order valence-corrected chi connectivity index (χ3v) is 5.36. The Balaban J connectivity index is 1.59. The molecule has 22 heavy (non-hydrogen) atoms. The Hall–Kier alpha value is -2.10. The van der Waals surface area contributed by atoms with Crippen molar-refractivity contribution in [3.8, 4) is 5.75 Å². The Morgan fingerprint density at radius 2 is 2.00 bits per heavy atom. The number of hydrogen-bond donors (Lipinski definition) is 2. The Morgan fingerprint density at radius 3 is 2.73 bits per heavy atom. The average Bonchev–Trinajstić information content (AvgIpc) is 2.56. The van der Waals surface area contributed by atoms with Gasteiger partial charge in [-0.05, 0) is 43.2 Å². The number of aromatic nitrogens is 1. The van der Waals surface area contributed by atoms with Gasteiger partial charge in [-0.2, -0.15) is 0 Å². The van der Waals surface area contributed by atoms with E-state index < -0.39 is 0 Å². The van der Waals surface area contributed by atoms with Crippen LogP contribution >= 0.6 is 0 Å². The highest BCUT2D eigenvalue weighted by Gasteiger charge is 2.36. The van der Waals surface area contributed by atoms with Gasteiger partial charge in [-0.1, -0.05) is 25.0 Å². The van der Waals surface area contributed by atoms with Gasteiger partial charge >= 0.3 is 0 Å². The Kier molecular flexibility index (Phi) is 3.25. The lowest BCUT2D eigenvalue weighted by Crippen LogP contribution is -2.47. The smallest absolute Gasteiger partial charge is 0.255 e. The van der Waals surface area contributed by atoms with Gasteiger partial charge in [0, 0.05) is 17.6 Å². The SMILES string of the molecule is O=C(N[C@@H]1CC2CCC1CC2)c1ccc2cccnc2c1O. The van der Waals surface area contributed by atoms with Gasteiger partial charge in [0.15, 0.2) is 5.75 Å². The van der Waals surface area contributed by atoms with Gasteiger partial charge < -0.3 is 10.4 Å². The fraction of sp³-hybridized carbons (Fsp3) is 0.444. The lowest BCUT2D eigenvalue weighted by molar-refractivity contribution is 0.0808. The minimum Gasteiger partial charge on any atom is -0.505 e. The van der Waals surface area contributed by atoms with Gasteiger partial charge in [-0.25, -0.2) is 0 Å². The fourth-order valence-electron chi connectivity index (χ4n) is 4.11. The van der Waals surface area contributed by atoms with Crippen LogP contribution in [0.1, 0.15) is 42.5 Å². The van der Waals surface area contributed by atoms with E-state index in [4.69, 9.17) is 0 Å². The van der Waals surface area contributed by atoms with E-state index in [0.29, 0.717) is 17.0 Å². The predicted molar refractivity (Wildman–Crippen MR) is 84.7 cm³/mol. The molecule has 2 N–H and O–H groups in total. The number of nitrogens with zero attached hydrogens (tertiary/aromatic N) is 1. The van der Waals surface area contributed by atoms with E-state index >= 15 is 0 Å². The predicted octanol–water partition coefficient (Wildman–Crippen LogP) is 3.25. The zero-order valence-corrected chi connectivity index (χ0v) is 12.5. The third-order valence-electron chi connectivity index (χ3n) is 5.36. The van der Waals surface area contributed by atoms with Crippen LogP contribution < -0.4 is 5.32 Å². The van der Waals surface area contributed by atoms with Crippen molar-refractivity contribution < 1.29 is 9.90 Å². The van der Waals surface area contributed by atoms with E-state index in [1.165, 1.54) is 25.7 Å². The van der Waals surface area contributed by atoms with E-state index in [0.717, 1.165) is 17.7 Å². The summed E-state index contributed by atoms with van der Waals surface area (Å²) in [4.78, 5) is 16.7. The first kappa shape index (κ1) is 13.6. The molecule has 4 heteroatoms. The van der Waals surface area contributed by atoms with Gasteiger partial charge in [0.2, 0.25) is 0 Å². The van der Waals surface area contributed by atoms with Crippen molar-refractivity contribution in [3.05, 3.63) is 36.0 Å². The molecule has 1 atom stereocenters. The van der Waals surface area contributed by atoms with Gasteiger partial charge in [-0.3, -0.25) is 9.78 Å². The fourth-order valence-corrected chi connectivity index (χ4v) is 4.11. The first-order valence-electron chi connectivity index (χ1n) is 8.10. The second kappa shape index (κ2) is 5.27. The molecule has 0 saturated heterocycles. The molecule has 1 heterocycles. The van der Waals surface area contributed by atoms with Crippen LogP contribution in [0, 0.1) is 11.8 Å². The molecular formula is C18H20N2O2. The maximum atomic E-state index is 12.6. The van der Waals surface area contributed by atoms with Crippen molar-refractivity contribution in [2.24, 2.45) is 11.8 Å². The normalized spacial score (nSPS) is 27.0. The number of carbonyl (C=O) groups excluding carboxylic acids is 1. The molecule has 1 aromatic carbocycles. The summed E-state index contributed by atoms with van der Waals surface area (Å²) in [6.07, 6.45) is 7.78. The van der Waals surface area contributed by atoms with Gasteiger partial charge in [0.05, 0.1) is 5.56 Å². The minimum absolute atomic E-state index is 0.0171. The van der Waals surface area contributed by atoms with E-state index in [1.54, 1.807) is 12.3 Å². The summed E-state index contributed by atoms with van der Waals surface area (Å²) in [6, 6.07) is 7.49. The Bertz CT molecular complexity index is 720. The summed E-state index contributed by atoms with van der Waals surface area (Å²) in [7, 11) is 0. The van der Waals surface area contributed by atoms with Crippen LogP contribution in [-0.2, 0) is 0 Å².